The Balaban J connectivity index is 2.76. The molecule has 0 saturated heterocycles. The first-order chi connectivity index (χ1) is 5.24. The van der Waals surface area contributed by atoms with Crippen LogP contribution in [0.4, 0.5) is 0 Å². The van der Waals surface area contributed by atoms with Crippen molar-refractivity contribution in [1.82, 2.24) is 0 Å². The predicted molar refractivity (Wildman–Crippen MR) is 43.3 cm³/mol. The van der Waals surface area contributed by atoms with Crippen LogP contribution in [0.25, 0.3) is 0 Å². The minimum atomic E-state index is -0.810. The summed E-state index contributed by atoms with van der Waals surface area (Å²) >= 11 is 0. The summed E-state index contributed by atoms with van der Waals surface area (Å²) in [4.78, 5) is 10.5. The van der Waals surface area contributed by atoms with Gasteiger partial charge in [0.25, 0.3) is 0 Å². The van der Waals surface area contributed by atoms with E-state index in [0.717, 1.165) is 19.3 Å². The van der Waals surface area contributed by atoms with Gasteiger partial charge in [0.1, 0.15) is 0 Å². The van der Waals surface area contributed by atoms with E-state index in [-0.39, 0.29) is 0 Å². The molecule has 0 saturated carbocycles. The van der Waals surface area contributed by atoms with Crippen molar-refractivity contribution in [2.45, 2.75) is 26.2 Å². The third-order valence-electron chi connectivity index (χ3n) is 1.89. The number of aliphatic carboxylic acids is 1. The Morgan fingerprint density at radius 1 is 1.73 bits per heavy atom. The molecule has 2 nitrogen and oxygen atoms in total. The average molecular weight is 152 g/mol. The molecule has 11 heavy (non-hydrogen) atoms. The molecule has 1 aliphatic rings. The largest absolute Gasteiger partial charge is 0.478 e. The Morgan fingerprint density at radius 2 is 2.45 bits per heavy atom. The molecule has 0 fully saturated rings. The zero-order valence-corrected chi connectivity index (χ0v) is 6.63. The second kappa shape index (κ2) is 3.37. The first-order valence-electron chi connectivity index (χ1n) is 3.87. The first kappa shape index (κ1) is 8.05. The van der Waals surface area contributed by atoms with Gasteiger partial charge in [0.2, 0.25) is 0 Å². The fourth-order valence-electron chi connectivity index (χ4n) is 1.19. The molecule has 0 aromatic carbocycles. The van der Waals surface area contributed by atoms with E-state index < -0.39 is 5.97 Å². The maximum atomic E-state index is 10.5. The van der Waals surface area contributed by atoms with Crippen molar-refractivity contribution < 1.29 is 9.90 Å². The monoisotopic (exact) mass is 152 g/mol. The molecule has 0 heterocycles. The summed E-state index contributed by atoms with van der Waals surface area (Å²) in [5.74, 6) is -0.810. The molecule has 1 N–H and O–H groups in total. The van der Waals surface area contributed by atoms with Gasteiger partial charge < -0.3 is 5.11 Å². The van der Waals surface area contributed by atoms with Crippen molar-refractivity contribution in [2.75, 3.05) is 0 Å². The molecule has 0 atom stereocenters. The maximum Gasteiger partial charge on any atom is 0.335 e. The summed E-state index contributed by atoms with van der Waals surface area (Å²) in [7, 11) is 0. The molecule has 0 radical (unpaired) electrons. The number of rotatable bonds is 2. The predicted octanol–water partition coefficient (Wildman–Crippen LogP) is 2.13. The Bertz CT molecular complexity index is 224. The van der Waals surface area contributed by atoms with Gasteiger partial charge >= 0.3 is 5.97 Å². The number of allylic oxidation sites excluding steroid dienone is 2. The molecular formula is C9H12O2. The highest BCUT2D eigenvalue weighted by molar-refractivity contribution is 5.90. The van der Waals surface area contributed by atoms with Gasteiger partial charge in [0.05, 0.1) is 5.57 Å². The van der Waals surface area contributed by atoms with Gasteiger partial charge in [-0.15, -0.1) is 0 Å². The number of hydrogen-bond acceptors (Lipinski definition) is 1. The van der Waals surface area contributed by atoms with Gasteiger partial charge in [0, 0.05) is 0 Å². The van der Waals surface area contributed by atoms with Gasteiger partial charge in [-0.1, -0.05) is 18.6 Å². The third-order valence-corrected chi connectivity index (χ3v) is 1.89. The van der Waals surface area contributed by atoms with E-state index in [1.54, 1.807) is 12.2 Å². The van der Waals surface area contributed by atoms with Crippen LogP contribution < -0.4 is 0 Å². The van der Waals surface area contributed by atoms with Crippen molar-refractivity contribution in [3.63, 3.8) is 0 Å². The quantitative estimate of drug-likeness (QED) is 0.658. The molecule has 0 amide bonds. The zero-order chi connectivity index (χ0) is 8.27. The molecule has 0 aliphatic heterocycles. The van der Waals surface area contributed by atoms with Crippen molar-refractivity contribution in [3.8, 4) is 0 Å². The lowest BCUT2D eigenvalue weighted by atomic mass is 9.98. The standard InChI is InChI=1S/C9H12O2/c1-2-7-4-3-5-8(6-7)9(10)11/h5-6H,2-4H2,1H3,(H,10,11). The molecular weight excluding hydrogens is 140 g/mol. The zero-order valence-electron chi connectivity index (χ0n) is 6.63. The molecule has 1 rings (SSSR count). The summed E-state index contributed by atoms with van der Waals surface area (Å²) < 4.78 is 0. The number of carbonyl (C=O) groups is 1. The third kappa shape index (κ3) is 1.93. The molecule has 0 bridgehead atoms. The molecule has 0 aromatic rings. The summed E-state index contributed by atoms with van der Waals surface area (Å²) in [6.45, 7) is 2.05. The van der Waals surface area contributed by atoms with Crippen molar-refractivity contribution in [2.24, 2.45) is 0 Å². The summed E-state index contributed by atoms with van der Waals surface area (Å²) in [5, 5.41) is 8.64. The summed E-state index contributed by atoms with van der Waals surface area (Å²) in [6, 6.07) is 0. The van der Waals surface area contributed by atoms with Crippen LogP contribution in [0.1, 0.15) is 26.2 Å². The molecule has 1 aliphatic carbocycles. The van der Waals surface area contributed by atoms with E-state index in [9.17, 15) is 4.79 Å². The SMILES string of the molecule is CCC1=CC(C(=O)O)=CCC1. The molecule has 0 aromatic heterocycles. The van der Waals surface area contributed by atoms with E-state index in [2.05, 4.69) is 6.92 Å². The van der Waals surface area contributed by atoms with E-state index in [4.69, 9.17) is 5.11 Å². The van der Waals surface area contributed by atoms with Crippen molar-refractivity contribution >= 4 is 5.97 Å². The topological polar surface area (TPSA) is 37.3 Å². The lowest BCUT2D eigenvalue weighted by Gasteiger charge is -2.08. The van der Waals surface area contributed by atoms with Gasteiger partial charge in [-0.2, -0.15) is 0 Å². The van der Waals surface area contributed by atoms with Crippen LogP contribution in [0, 0.1) is 0 Å². The van der Waals surface area contributed by atoms with Crippen molar-refractivity contribution in [3.05, 3.63) is 23.3 Å². The number of carboxylic acid groups (broad SMARTS) is 1. The van der Waals surface area contributed by atoms with Crippen LogP contribution in [0.2, 0.25) is 0 Å². The first-order valence-corrected chi connectivity index (χ1v) is 3.87. The van der Waals surface area contributed by atoms with Crippen LogP contribution in [-0.4, -0.2) is 11.1 Å². The Labute approximate surface area is 66.2 Å². The second-order valence-electron chi connectivity index (χ2n) is 2.66. The maximum absolute atomic E-state index is 10.5. The van der Waals surface area contributed by atoms with Crippen LogP contribution in [0.15, 0.2) is 23.3 Å². The van der Waals surface area contributed by atoms with Crippen molar-refractivity contribution in [1.29, 1.82) is 0 Å². The molecule has 0 spiro atoms. The fourth-order valence-corrected chi connectivity index (χ4v) is 1.19. The number of carboxylic acids is 1. The highest BCUT2D eigenvalue weighted by Gasteiger charge is 2.08. The van der Waals surface area contributed by atoms with E-state index in [1.807, 2.05) is 0 Å². The Hall–Kier alpha value is -1.05. The molecule has 0 unspecified atom stereocenters. The van der Waals surface area contributed by atoms with Gasteiger partial charge in [-0.3, -0.25) is 0 Å². The minimum absolute atomic E-state index is 0.452. The smallest absolute Gasteiger partial charge is 0.335 e. The normalized spacial score (nSPS) is 17.2. The lowest BCUT2D eigenvalue weighted by molar-refractivity contribution is -0.132. The molecule has 2 heteroatoms. The Kier molecular flexibility index (Phi) is 2.47. The summed E-state index contributed by atoms with van der Waals surface area (Å²) in [5.41, 5.74) is 1.69. The van der Waals surface area contributed by atoms with E-state index in [1.165, 1.54) is 5.57 Å². The van der Waals surface area contributed by atoms with Gasteiger partial charge in [-0.05, 0) is 25.3 Å². The number of hydrogen-bond donors (Lipinski definition) is 1. The van der Waals surface area contributed by atoms with Gasteiger partial charge in [0.15, 0.2) is 0 Å². The lowest BCUT2D eigenvalue weighted by Crippen LogP contribution is -2.02. The van der Waals surface area contributed by atoms with Crippen LogP contribution >= 0.6 is 0 Å². The molecule has 60 valence electrons. The minimum Gasteiger partial charge on any atom is -0.478 e. The van der Waals surface area contributed by atoms with E-state index in [0.29, 0.717) is 5.57 Å². The van der Waals surface area contributed by atoms with Crippen LogP contribution in [-0.2, 0) is 4.79 Å². The van der Waals surface area contributed by atoms with Gasteiger partial charge in [-0.25, -0.2) is 4.79 Å². The average Bonchev–Trinajstić information content (AvgIpc) is 2.05. The second-order valence-corrected chi connectivity index (χ2v) is 2.66. The Morgan fingerprint density at radius 3 is 3.00 bits per heavy atom. The highest BCUT2D eigenvalue weighted by Crippen LogP contribution is 2.19. The van der Waals surface area contributed by atoms with Crippen LogP contribution in [0.5, 0.6) is 0 Å². The fraction of sp³-hybridized carbons (Fsp3) is 0.444. The summed E-state index contributed by atoms with van der Waals surface area (Å²) in [6.07, 6.45) is 6.42. The van der Waals surface area contributed by atoms with Crippen LogP contribution in [0.3, 0.4) is 0 Å². The highest BCUT2D eigenvalue weighted by atomic mass is 16.4. The van der Waals surface area contributed by atoms with E-state index >= 15 is 0 Å².